The second kappa shape index (κ2) is 13.5. The average Bonchev–Trinajstić information content (AvgIpc) is 3.29. The fourth-order valence-electron chi connectivity index (χ4n) is 7.58. The zero-order chi connectivity index (χ0) is 27.8. The minimum Gasteiger partial charge on any atom is -0.474 e. The summed E-state index contributed by atoms with van der Waals surface area (Å²) in [5, 5.41) is 19.9. The summed E-state index contributed by atoms with van der Waals surface area (Å²) in [6, 6.07) is 4.84. The van der Waals surface area contributed by atoms with E-state index in [1.54, 1.807) is 0 Å². The van der Waals surface area contributed by atoms with Gasteiger partial charge in [-0.1, -0.05) is 51.4 Å². The van der Waals surface area contributed by atoms with Crippen LogP contribution in [0.2, 0.25) is 0 Å². The van der Waals surface area contributed by atoms with Crippen LogP contribution in [-0.4, -0.2) is 55.8 Å². The van der Waals surface area contributed by atoms with E-state index >= 15 is 0 Å². The number of nitriles is 2. The molecule has 4 rings (SSSR count). The van der Waals surface area contributed by atoms with Crippen LogP contribution in [0.1, 0.15) is 89.9 Å². The SMILES string of the molecule is [C-]#[N+]/C(C#N)=C(/C(C#N)=C/C=C1\OC2CCC(C3CCCCC3)CC2N1CCC[N+](C)(C)C)C1CCCCC1. The molecule has 0 aromatic carbocycles. The van der Waals surface area contributed by atoms with Gasteiger partial charge in [0, 0.05) is 18.5 Å². The summed E-state index contributed by atoms with van der Waals surface area (Å²) >= 11 is 0. The van der Waals surface area contributed by atoms with Crippen molar-refractivity contribution in [2.24, 2.45) is 17.8 Å². The Hall–Kier alpha value is -2.75. The van der Waals surface area contributed by atoms with Crippen LogP contribution in [0.25, 0.3) is 4.85 Å². The first kappa shape index (κ1) is 29.2. The Morgan fingerprint density at radius 3 is 2.28 bits per heavy atom. The van der Waals surface area contributed by atoms with Crippen LogP contribution < -0.4 is 0 Å². The molecule has 0 spiro atoms. The molecule has 3 aliphatic carbocycles. The van der Waals surface area contributed by atoms with E-state index in [2.05, 4.69) is 43.0 Å². The van der Waals surface area contributed by atoms with Gasteiger partial charge >= 0.3 is 0 Å². The minimum absolute atomic E-state index is 0.0734. The van der Waals surface area contributed by atoms with Crippen molar-refractivity contribution in [3.63, 3.8) is 0 Å². The molecule has 39 heavy (non-hydrogen) atoms. The Kier molecular flexibility index (Phi) is 10.2. The summed E-state index contributed by atoms with van der Waals surface area (Å²) in [5.41, 5.74) is 1.17. The molecule has 4 aliphatic rings. The van der Waals surface area contributed by atoms with Crippen LogP contribution in [0.15, 0.2) is 34.9 Å². The summed E-state index contributed by atoms with van der Waals surface area (Å²) in [6.07, 6.45) is 20.8. The second-order valence-corrected chi connectivity index (χ2v) is 13.3. The number of ether oxygens (including phenoxy) is 1. The highest BCUT2D eigenvalue weighted by molar-refractivity contribution is 5.53. The number of quaternary nitrogens is 1. The van der Waals surface area contributed by atoms with Crippen LogP contribution in [0.4, 0.5) is 0 Å². The van der Waals surface area contributed by atoms with Crippen LogP contribution in [0.3, 0.4) is 0 Å². The Balaban J connectivity index is 1.61. The van der Waals surface area contributed by atoms with Gasteiger partial charge in [0.2, 0.25) is 0 Å². The molecule has 0 aromatic rings. The maximum Gasteiger partial charge on any atom is 0.266 e. The Bertz CT molecular complexity index is 1050. The highest BCUT2D eigenvalue weighted by atomic mass is 16.5. The maximum atomic E-state index is 10.2. The predicted molar refractivity (Wildman–Crippen MR) is 154 cm³/mol. The van der Waals surface area contributed by atoms with E-state index in [0.717, 1.165) is 73.8 Å². The minimum atomic E-state index is 0.0734. The van der Waals surface area contributed by atoms with Gasteiger partial charge in [0.05, 0.1) is 52.4 Å². The highest BCUT2D eigenvalue weighted by Gasteiger charge is 2.44. The van der Waals surface area contributed by atoms with Gasteiger partial charge in [-0.05, 0) is 67.6 Å². The summed E-state index contributed by atoms with van der Waals surface area (Å²) in [7, 11) is 6.72. The molecule has 1 saturated heterocycles. The molecular formula is C33H48N5O+. The number of allylic oxidation sites excluding steroid dienone is 5. The van der Waals surface area contributed by atoms with Gasteiger partial charge in [-0.25, -0.2) is 10.1 Å². The summed E-state index contributed by atoms with van der Waals surface area (Å²) < 4.78 is 7.55. The number of nitrogens with zero attached hydrogens (tertiary/aromatic N) is 5. The molecule has 1 heterocycles. The van der Waals surface area contributed by atoms with Crippen LogP contribution in [-0.2, 0) is 4.74 Å². The molecule has 0 N–H and O–H groups in total. The Morgan fingerprint density at radius 2 is 1.67 bits per heavy atom. The molecule has 4 fully saturated rings. The maximum absolute atomic E-state index is 10.2. The summed E-state index contributed by atoms with van der Waals surface area (Å²) in [6.45, 7) is 9.65. The number of hydrogen-bond donors (Lipinski definition) is 0. The molecule has 210 valence electrons. The van der Waals surface area contributed by atoms with Gasteiger partial charge in [0.15, 0.2) is 5.88 Å². The molecule has 0 radical (unpaired) electrons. The lowest BCUT2D eigenvalue weighted by molar-refractivity contribution is -0.870. The first-order valence-corrected chi connectivity index (χ1v) is 15.4. The van der Waals surface area contributed by atoms with Crippen molar-refractivity contribution in [1.82, 2.24) is 4.90 Å². The van der Waals surface area contributed by atoms with Gasteiger partial charge in [-0.15, -0.1) is 0 Å². The van der Waals surface area contributed by atoms with E-state index in [0.29, 0.717) is 17.2 Å². The summed E-state index contributed by atoms with van der Waals surface area (Å²) in [4.78, 5) is 6.02. The van der Waals surface area contributed by atoms with Crippen LogP contribution in [0.5, 0.6) is 0 Å². The van der Waals surface area contributed by atoms with Crippen molar-refractivity contribution in [3.05, 3.63) is 46.3 Å². The molecule has 1 aliphatic heterocycles. The van der Waals surface area contributed by atoms with Gasteiger partial charge in [-0.2, -0.15) is 5.26 Å². The van der Waals surface area contributed by atoms with E-state index in [1.807, 2.05) is 12.2 Å². The van der Waals surface area contributed by atoms with Gasteiger partial charge in [-0.3, -0.25) is 0 Å². The largest absolute Gasteiger partial charge is 0.474 e. The second-order valence-electron chi connectivity index (χ2n) is 13.3. The van der Waals surface area contributed by atoms with E-state index in [-0.39, 0.29) is 17.7 Å². The van der Waals surface area contributed by atoms with Crippen molar-refractivity contribution in [3.8, 4) is 12.1 Å². The lowest BCUT2D eigenvalue weighted by atomic mass is 9.71. The Labute approximate surface area is 237 Å². The fraction of sp³-hybridized carbons (Fsp3) is 0.727. The lowest BCUT2D eigenvalue weighted by Crippen LogP contribution is -2.43. The molecule has 6 nitrogen and oxygen atoms in total. The Morgan fingerprint density at radius 1 is 0.974 bits per heavy atom. The van der Waals surface area contributed by atoms with Crippen molar-refractivity contribution < 1.29 is 9.22 Å². The molecule has 3 saturated carbocycles. The third-order valence-corrected chi connectivity index (χ3v) is 9.58. The topological polar surface area (TPSA) is 64.4 Å². The monoisotopic (exact) mass is 530 g/mol. The molecule has 3 atom stereocenters. The highest BCUT2D eigenvalue weighted by Crippen LogP contribution is 2.44. The third kappa shape index (κ3) is 7.47. The van der Waals surface area contributed by atoms with Crippen molar-refractivity contribution in [1.29, 1.82) is 10.5 Å². The van der Waals surface area contributed by atoms with Crippen molar-refractivity contribution in [2.75, 3.05) is 34.2 Å². The number of rotatable bonds is 8. The fourth-order valence-corrected chi connectivity index (χ4v) is 7.58. The predicted octanol–water partition coefficient (Wildman–Crippen LogP) is 7.10. The smallest absolute Gasteiger partial charge is 0.266 e. The lowest BCUT2D eigenvalue weighted by Gasteiger charge is -2.39. The third-order valence-electron chi connectivity index (χ3n) is 9.58. The van der Waals surface area contributed by atoms with Gasteiger partial charge in [0.1, 0.15) is 6.10 Å². The quantitative estimate of drug-likeness (QED) is 0.145. The van der Waals surface area contributed by atoms with Gasteiger partial charge < -0.3 is 14.1 Å². The van der Waals surface area contributed by atoms with Gasteiger partial charge in [0.25, 0.3) is 5.70 Å². The average molecular weight is 531 g/mol. The van der Waals surface area contributed by atoms with Crippen LogP contribution >= 0.6 is 0 Å². The normalized spacial score (nSPS) is 28.6. The van der Waals surface area contributed by atoms with E-state index in [9.17, 15) is 10.5 Å². The first-order chi connectivity index (χ1) is 18.8. The number of fused-ring (bicyclic) bond motifs is 1. The van der Waals surface area contributed by atoms with E-state index in [1.165, 1.54) is 51.4 Å². The molecule has 6 heteroatoms. The van der Waals surface area contributed by atoms with E-state index < -0.39 is 0 Å². The first-order valence-electron chi connectivity index (χ1n) is 15.4. The van der Waals surface area contributed by atoms with E-state index in [4.69, 9.17) is 11.3 Å². The van der Waals surface area contributed by atoms with Crippen LogP contribution in [0, 0.1) is 47.0 Å². The van der Waals surface area contributed by atoms with Crippen molar-refractivity contribution >= 4 is 0 Å². The summed E-state index contributed by atoms with van der Waals surface area (Å²) in [5.74, 6) is 2.63. The molecule has 0 aromatic heterocycles. The zero-order valence-electron chi connectivity index (χ0n) is 24.5. The number of hydrogen-bond acceptors (Lipinski definition) is 4. The zero-order valence-corrected chi connectivity index (χ0v) is 24.5. The molecule has 0 bridgehead atoms. The van der Waals surface area contributed by atoms with Crippen molar-refractivity contribution in [2.45, 2.75) is 102 Å². The molecule has 3 unspecified atom stereocenters. The standard InChI is InChI=1S/C33H48N5O/c1-36-29(24-35)33(26-14-9-6-10-15-26)28(23-34)17-19-32-37(20-11-21-38(2,3)4)30-22-27(16-18-31(30)39-32)25-12-7-5-8-13-25/h17,19,25-27,30-31H,5-16,18,20-22H2,2-4H3/q+1/b28-17+,32-19-,33-29+. The molecular weight excluding hydrogens is 482 g/mol. The molecule has 0 amide bonds.